The lowest BCUT2D eigenvalue weighted by molar-refractivity contribution is 0.0689. The number of carbonyl (C=O) groups is 1. The Hall–Kier alpha value is -0.780. The van der Waals surface area contributed by atoms with Crippen LogP contribution in [0.3, 0.4) is 0 Å². The summed E-state index contributed by atoms with van der Waals surface area (Å²) in [4.78, 5) is 16.4. The molecule has 120 valence electrons. The fourth-order valence-electron chi connectivity index (χ4n) is 2.71. The van der Waals surface area contributed by atoms with Crippen LogP contribution in [-0.4, -0.2) is 44.6 Å². The highest BCUT2D eigenvalue weighted by molar-refractivity contribution is 7.14. The van der Waals surface area contributed by atoms with Gasteiger partial charge >= 0.3 is 0 Å². The maximum absolute atomic E-state index is 12.6. The van der Waals surface area contributed by atoms with Crippen molar-refractivity contribution in [2.45, 2.75) is 26.2 Å². The van der Waals surface area contributed by atoms with E-state index in [1.165, 1.54) is 17.8 Å². The zero-order valence-electron chi connectivity index (χ0n) is 13.0. The van der Waals surface area contributed by atoms with E-state index in [-0.39, 0.29) is 18.3 Å². The Morgan fingerprint density at radius 2 is 2.14 bits per heavy atom. The molecule has 1 saturated heterocycles. The average Bonchev–Trinajstić information content (AvgIpc) is 2.86. The number of methoxy groups -OCH3 is 1. The minimum Gasteiger partial charge on any atom is -0.495 e. The number of ether oxygens (including phenoxy) is 1. The highest BCUT2D eigenvalue weighted by atomic mass is 35.5. The number of halogens is 1. The van der Waals surface area contributed by atoms with Gasteiger partial charge in [0.1, 0.15) is 10.6 Å². The molecule has 21 heavy (non-hydrogen) atoms. The van der Waals surface area contributed by atoms with E-state index in [0.717, 1.165) is 53.9 Å². The SMILES string of the molecule is CNCCC1CCN(C(=O)c2sc(C)cc2OC)CC1.Cl. The van der Waals surface area contributed by atoms with Crippen LogP contribution < -0.4 is 10.1 Å². The summed E-state index contributed by atoms with van der Waals surface area (Å²) in [5.74, 6) is 1.60. The summed E-state index contributed by atoms with van der Waals surface area (Å²) in [6, 6.07) is 1.94. The molecule has 0 saturated carbocycles. The molecule has 0 bridgehead atoms. The lowest BCUT2D eigenvalue weighted by atomic mass is 9.93. The lowest BCUT2D eigenvalue weighted by Gasteiger charge is -2.31. The summed E-state index contributed by atoms with van der Waals surface area (Å²) < 4.78 is 5.31. The second-order valence-corrected chi connectivity index (χ2v) is 6.64. The third kappa shape index (κ3) is 4.59. The molecule has 0 radical (unpaired) electrons. The maximum Gasteiger partial charge on any atom is 0.267 e. The smallest absolute Gasteiger partial charge is 0.267 e. The number of nitrogens with zero attached hydrogens (tertiary/aromatic N) is 1. The number of hydrogen-bond donors (Lipinski definition) is 1. The molecule has 0 unspecified atom stereocenters. The number of hydrogen-bond acceptors (Lipinski definition) is 4. The van der Waals surface area contributed by atoms with Gasteiger partial charge in [0.25, 0.3) is 5.91 Å². The number of thiophene rings is 1. The van der Waals surface area contributed by atoms with E-state index in [4.69, 9.17) is 4.74 Å². The number of amides is 1. The van der Waals surface area contributed by atoms with Crippen LogP contribution in [0.25, 0.3) is 0 Å². The number of rotatable bonds is 5. The zero-order valence-corrected chi connectivity index (χ0v) is 14.6. The van der Waals surface area contributed by atoms with Crippen LogP contribution in [-0.2, 0) is 0 Å². The second kappa shape index (κ2) is 8.61. The molecule has 4 nitrogen and oxygen atoms in total. The predicted octanol–water partition coefficient (Wildman–Crippen LogP) is 2.95. The molecule has 0 atom stereocenters. The Kier molecular flexibility index (Phi) is 7.49. The number of aryl methyl sites for hydroxylation is 1. The summed E-state index contributed by atoms with van der Waals surface area (Å²) in [6.07, 6.45) is 3.43. The molecular weight excluding hydrogens is 308 g/mol. The van der Waals surface area contributed by atoms with Gasteiger partial charge in [-0.05, 0) is 51.8 Å². The van der Waals surface area contributed by atoms with Crippen LogP contribution >= 0.6 is 23.7 Å². The number of carbonyl (C=O) groups excluding carboxylic acids is 1. The minimum absolute atomic E-state index is 0. The van der Waals surface area contributed by atoms with Crippen LogP contribution in [0, 0.1) is 12.8 Å². The number of likely N-dealkylation sites (tertiary alicyclic amines) is 1. The number of piperidine rings is 1. The third-order valence-electron chi connectivity index (χ3n) is 3.94. The predicted molar refractivity (Wildman–Crippen MR) is 90.0 cm³/mol. The molecule has 0 aromatic carbocycles. The Morgan fingerprint density at radius 1 is 1.48 bits per heavy atom. The van der Waals surface area contributed by atoms with Crippen molar-refractivity contribution in [1.82, 2.24) is 10.2 Å². The standard InChI is InChI=1S/C15H24N2O2S.ClH/c1-11-10-13(19-3)14(20-11)15(18)17-8-5-12(6-9-17)4-7-16-2;/h10,12,16H,4-9H2,1-3H3;1H. The largest absolute Gasteiger partial charge is 0.495 e. The molecule has 2 heterocycles. The van der Waals surface area contributed by atoms with Gasteiger partial charge in [0.05, 0.1) is 7.11 Å². The number of nitrogens with one attached hydrogen (secondary N) is 1. The molecule has 0 spiro atoms. The monoisotopic (exact) mass is 332 g/mol. The molecule has 1 N–H and O–H groups in total. The summed E-state index contributed by atoms with van der Waals surface area (Å²) >= 11 is 1.53. The van der Waals surface area contributed by atoms with Crippen LogP contribution in [0.15, 0.2) is 6.07 Å². The Morgan fingerprint density at radius 3 is 2.71 bits per heavy atom. The van der Waals surface area contributed by atoms with E-state index in [0.29, 0.717) is 0 Å². The Balaban J connectivity index is 0.00000220. The van der Waals surface area contributed by atoms with Gasteiger partial charge in [-0.25, -0.2) is 0 Å². The van der Waals surface area contributed by atoms with E-state index in [9.17, 15) is 4.79 Å². The van der Waals surface area contributed by atoms with E-state index >= 15 is 0 Å². The minimum atomic E-state index is 0. The van der Waals surface area contributed by atoms with Gasteiger partial charge in [0.15, 0.2) is 0 Å². The van der Waals surface area contributed by atoms with Crippen molar-refractivity contribution in [1.29, 1.82) is 0 Å². The fraction of sp³-hybridized carbons (Fsp3) is 0.667. The summed E-state index contributed by atoms with van der Waals surface area (Å²) in [6.45, 7) is 4.81. The Labute approximate surface area is 137 Å². The first-order valence-corrected chi connectivity index (χ1v) is 8.05. The van der Waals surface area contributed by atoms with Crippen molar-refractivity contribution in [2.75, 3.05) is 33.8 Å². The fourth-order valence-corrected chi connectivity index (χ4v) is 3.66. The van der Waals surface area contributed by atoms with E-state index in [1.54, 1.807) is 7.11 Å². The molecule has 6 heteroatoms. The van der Waals surface area contributed by atoms with Crippen molar-refractivity contribution in [3.05, 3.63) is 15.8 Å². The van der Waals surface area contributed by atoms with Gasteiger partial charge in [-0.1, -0.05) is 0 Å². The second-order valence-electron chi connectivity index (χ2n) is 5.38. The first-order valence-electron chi connectivity index (χ1n) is 7.24. The van der Waals surface area contributed by atoms with E-state index in [1.807, 2.05) is 24.9 Å². The van der Waals surface area contributed by atoms with E-state index in [2.05, 4.69) is 5.32 Å². The molecule has 0 aliphatic carbocycles. The van der Waals surface area contributed by atoms with Gasteiger partial charge in [-0.3, -0.25) is 4.79 Å². The topological polar surface area (TPSA) is 41.6 Å². The highest BCUT2D eigenvalue weighted by Crippen LogP contribution is 2.31. The molecule has 1 aliphatic heterocycles. The summed E-state index contributed by atoms with van der Waals surface area (Å²) in [5, 5.41) is 3.20. The molecule has 1 fully saturated rings. The van der Waals surface area contributed by atoms with Gasteiger partial charge in [0, 0.05) is 18.0 Å². The normalized spacial score (nSPS) is 15.7. The molecule has 1 aliphatic rings. The van der Waals surface area contributed by atoms with Crippen LogP contribution in [0.1, 0.15) is 33.8 Å². The first kappa shape index (κ1) is 18.3. The molecule has 1 aromatic rings. The molecule has 1 aromatic heterocycles. The zero-order chi connectivity index (χ0) is 14.5. The first-order chi connectivity index (χ1) is 9.65. The van der Waals surface area contributed by atoms with Gasteiger partial charge in [0.2, 0.25) is 0 Å². The van der Waals surface area contributed by atoms with Crippen LogP contribution in [0.4, 0.5) is 0 Å². The van der Waals surface area contributed by atoms with Crippen molar-refractivity contribution in [3.8, 4) is 5.75 Å². The quantitative estimate of drug-likeness (QED) is 0.901. The van der Waals surface area contributed by atoms with Gasteiger partial charge in [-0.15, -0.1) is 23.7 Å². The van der Waals surface area contributed by atoms with Crippen molar-refractivity contribution in [2.24, 2.45) is 5.92 Å². The van der Waals surface area contributed by atoms with Crippen molar-refractivity contribution in [3.63, 3.8) is 0 Å². The average molecular weight is 333 g/mol. The van der Waals surface area contributed by atoms with Crippen molar-refractivity contribution < 1.29 is 9.53 Å². The van der Waals surface area contributed by atoms with Gasteiger partial charge < -0.3 is 15.0 Å². The van der Waals surface area contributed by atoms with Crippen molar-refractivity contribution >= 4 is 29.7 Å². The molecule has 2 rings (SSSR count). The van der Waals surface area contributed by atoms with E-state index < -0.39 is 0 Å². The summed E-state index contributed by atoms with van der Waals surface area (Å²) in [5.41, 5.74) is 0. The molecule has 1 amide bonds. The molecular formula is C15H25ClN2O2S. The Bertz CT molecular complexity index is 457. The highest BCUT2D eigenvalue weighted by Gasteiger charge is 2.26. The lowest BCUT2D eigenvalue weighted by Crippen LogP contribution is -2.38. The maximum atomic E-state index is 12.6. The van der Waals surface area contributed by atoms with Crippen LogP contribution in [0.2, 0.25) is 0 Å². The van der Waals surface area contributed by atoms with Gasteiger partial charge in [-0.2, -0.15) is 0 Å². The van der Waals surface area contributed by atoms with Crippen LogP contribution in [0.5, 0.6) is 5.75 Å². The summed E-state index contributed by atoms with van der Waals surface area (Å²) in [7, 11) is 3.62. The third-order valence-corrected chi connectivity index (χ3v) is 4.96.